The van der Waals surface area contributed by atoms with E-state index in [0.717, 1.165) is 82.0 Å². The van der Waals surface area contributed by atoms with Gasteiger partial charge in [-0.1, -0.05) is 91.6 Å². The van der Waals surface area contributed by atoms with E-state index >= 15 is 0 Å². The van der Waals surface area contributed by atoms with Crippen LogP contribution in [0.5, 0.6) is 0 Å². The number of rotatable bonds is 12. The number of unbranched alkanes of at least 4 members (excludes halogenated alkanes) is 3. The first-order chi connectivity index (χ1) is 30.5. The maximum absolute atomic E-state index is 5.97. The van der Waals surface area contributed by atoms with Crippen molar-refractivity contribution in [3.63, 3.8) is 0 Å². The summed E-state index contributed by atoms with van der Waals surface area (Å²) in [5, 5.41) is 14.6. The van der Waals surface area contributed by atoms with E-state index < -0.39 is 0 Å². The van der Waals surface area contributed by atoms with Crippen LogP contribution in [0.25, 0.3) is 52.4 Å². The minimum absolute atomic E-state index is 0. The molecule has 0 aliphatic rings. The molecule has 68 heavy (non-hydrogen) atoms. The molecule has 0 spiro atoms. The summed E-state index contributed by atoms with van der Waals surface area (Å²) in [5.74, 6) is 0.816. The van der Waals surface area contributed by atoms with E-state index in [1.807, 2.05) is 90.1 Å². The predicted octanol–water partition coefficient (Wildman–Crippen LogP) is -4.39. The number of hydrogen-bond acceptors (Lipinski definition) is 11. The molecule has 0 aliphatic heterocycles. The number of hydrazone groups is 2. The maximum atomic E-state index is 5.97. The van der Waals surface area contributed by atoms with Gasteiger partial charge in [0.2, 0.25) is 10.3 Å². The Balaban J connectivity index is 0.000000338. The molecule has 0 aliphatic carbocycles. The molecule has 0 unspecified atom stereocenters. The van der Waals surface area contributed by atoms with Crippen LogP contribution in [0.2, 0.25) is 0 Å². The van der Waals surface area contributed by atoms with Gasteiger partial charge in [0.15, 0.2) is 5.76 Å². The predicted molar refractivity (Wildman–Crippen MR) is 260 cm³/mol. The minimum Gasteiger partial charge on any atom is -0.454 e. The summed E-state index contributed by atoms with van der Waals surface area (Å²) in [6.07, 6.45) is 8.37. The van der Waals surface area contributed by atoms with Crippen LogP contribution in [-0.4, -0.2) is 33.9 Å². The van der Waals surface area contributed by atoms with Gasteiger partial charge in [0.25, 0.3) is 0 Å². The average molecular weight is 1100 g/mol. The zero-order valence-corrected chi connectivity index (χ0v) is 61.7. The molecule has 0 saturated heterocycles. The number of para-hydroxylation sites is 2. The van der Waals surface area contributed by atoms with Gasteiger partial charge >= 0.3 is 308 Å². The molecule has 10 rings (SSSR count). The molecule has 8 nitrogen and oxygen atoms in total. The van der Waals surface area contributed by atoms with Gasteiger partial charge in [-0.15, -0.1) is 5.52 Å². The number of thiazole rings is 3. The summed E-state index contributed by atoms with van der Waals surface area (Å²) in [4.78, 5) is 13.7. The molecule has 0 saturated carbocycles. The smallest absolute Gasteiger partial charge is 0.454 e. The summed E-state index contributed by atoms with van der Waals surface area (Å²) in [6, 6.07) is 55.8. The van der Waals surface area contributed by atoms with Crippen molar-refractivity contribution in [2.24, 2.45) is 10.2 Å². The largest absolute Gasteiger partial charge is 1.00 e. The van der Waals surface area contributed by atoms with Crippen molar-refractivity contribution in [2.45, 2.75) is 46.5 Å². The second kappa shape index (κ2) is 36.4. The fourth-order valence-corrected chi connectivity index (χ4v) is 9.03. The molecule has 0 fully saturated rings. The van der Waals surface area contributed by atoms with Crippen LogP contribution in [0, 0.1) is 50.2 Å². The number of benzene rings is 6. The summed E-state index contributed by atoms with van der Waals surface area (Å²) in [7, 11) is 0. The molecule has 0 atom stereocenters. The fraction of sp³-hybridized carbons (Fsp3) is 0.157. The van der Waals surface area contributed by atoms with E-state index in [2.05, 4.69) is 107 Å². The van der Waals surface area contributed by atoms with Crippen LogP contribution in [0.4, 0.5) is 10.3 Å². The number of anilines is 2. The van der Waals surface area contributed by atoms with E-state index in [9.17, 15) is 0 Å². The Hall–Kier alpha value is 3.29. The van der Waals surface area contributed by atoms with Gasteiger partial charge in [0.05, 0.1) is 20.4 Å². The molecule has 6 aromatic carbocycles. The molecule has 4 heterocycles. The van der Waals surface area contributed by atoms with Gasteiger partial charge < -0.3 is 9.40 Å². The first-order valence-electron chi connectivity index (χ1n) is 20.3. The third kappa shape index (κ3) is 20.6. The molecule has 10 aromatic rings. The first kappa shape index (κ1) is 67.4. The van der Waals surface area contributed by atoms with E-state index in [-0.39, 0.29) is 308 Å². The quantitative estimate of drug-likeness (QED) is 0.0438. The Morgan fingerprint density at radius 3 is 1.97 bits per heavy atom. The Bertz CT molecular complexity index is 2970. The van der Waals surface area contributed by atoms with Crippen LogP contribution < -0.4 is 319 Å². The SMILES string of the molecule is CCCCCCN(/N=C/c1[c-]cc[c-]c1)c1nc2ccccc2s1.Cc1cc(C)c2cc(-c3nc4[c-]cc[c-]c4s3)oc2c1.[K+].[K+].[K+].[K+].[K+].[K+].[c-]1cc[c-]c(/C=N/Nc2nc3ccccc3s2)c1. The Morgan fingerprint density at radius 2 is 1.32 bits per heavy atom. The molecule has 17 heteroatoms. The van der Waals surface area contributed by atoms with Gasteiger partial charge in [-0.25, -0.2) is 47.6 Å². The third-order valence-corrected chi connectivity index (χ3v) is 12.4. The van der Waals surface area contributed by atoms with Gasteiger partial charge in [-0.3, -0.25) is 90.4 Å². The second-order valence-electron chi connectivity index (χ2n) is 14.2. The zero-order chi connectivity index (χ0) is 42.5. The third-order valence-electron chi connectivity index (χ3n) is 9.40. The van der Waals surface area contributed by atoms with Crippen molar-refractivity contribution in [1.29, 1.82) is 0 Å². The molecule has 0 bridgehead atoms. The van der Waals surface area contributed by atoms with Crippen LogP contribution in [0.3, 0.4) is 0 Å². The Morgan fingerprint density at radius 1 is 0.676 bits per heavy atom. The van der Waals surface area contributed by atoms with E-state index in [1.54, 1.807) is 52.4 Å². The van der Waals surface area contributed by atoms with E-state index in [0.29, 0.717) is 0 Å². The molecular formula is C51H41K6N7OS3. The monoisotopic (exact) mass is 1100 g/mol. The number of aryl methyl sites for hydroxylation is 2. The topological polar surface area (TPSA) is 91.8 Å². The second-order valence-corrected chi connectivity index (χ2v) is 17.2. The van der Waals surface area contributed by atoms with Crippen molar-refractivity contribution in [3.8, 4) is 10.8 Å². The van der Waals surface area contributed by atoms with Crippen molar-refractivity contribution in [2.75, 3.05) is 17.0 Å². The van der Waals surface area contributed by atoms with Gasteiger partial charge in [0.1, 0.15) is 10.6 Å². The Kier molecular flexibility index (Phi) is 36.1. The number of nitrogens with one attached hydrogen (secondary N) is 1. The summed E-state index contributed by atoms with van der Waals surface area (Å²) in [5.41, 5.74) is 11.0. The molecule has 1 N–H and O–H groups in total. The van der Waals surface area contributed by atoms with Gasteiger partial charge in [0, 0.05) is 11.9 Å². The molecule has 4 aromatic heterocycles. The van der Waals surface area contributed by atoms with Gasteiger partial charge in [-0.05, 0) is 67.8 Å². The molecular weight excluding hydrogens is 1060 g/mol. The number of fused-ring (bicyclic) bond motifs is 4. The van der Waals surface area contributed by atoms with Crippen LogP contribution in [-0.2, 0) is 0 Å². The van der Waals surface area contributed by atoms with Crippen molar-refractivity contribution in [1.82, 2.24) is 15.0 Å². The van der Waals surface area contributed by atoms with Crippen LogP contribution in [0.15, 0.2) is 130 Å². The first-order valence-corrected chi connectivity index (χ1v) is 22.7. The van der Waals surface area contributed by atoms with Crippen LogP contribution in [0.1, 0.15) is 54.9 Å². The standard InChI is InChI=1S/C20H21N3S.C17H11NOS.C14H9N3S.6K/c1-2-3-4-10-15-23(21-16-17-11-6-5-7-12-17)20-22-18-13-8-9-14-19(18)24-20;1-10-7-11(2)12-9-15(19-14(12)8-10)17-18-13-5-3-4-6-16(13)20-17;1-2-6-11(7-3-1)10-15-17-14-16-12-8-4-5-9-13(12)18-14;;;;;;/h5-6,8-9,12-14,16H,2-4,10,15H2,1H3;3-4,7-9H,1-2H3;1-2,4-5,7-10H,(H,16,17);;;;;;/q3*-2;6*+1/b21-16+;;15-10+;;;;;;. The number of furan rings is 1. The molecule has 310 valence electrons. The normalized spacial score (nSPS) is 10.3. The molecule has 0 radical (unpaired) electrons. The van der Waals surface area contributed by atoms with Crippen molar-refractivity contribution in [3.05, 3.63) is 174 Å². The fourth-order valence-electron chi connectivity index (χ4n) is 6.40. The molecule has 0 amide bonds. The van der Waals surface area contributed by atoms with E-state index in [4.69, 9.17) is 9.40 Å². The number of hydrogen-bond donors (Lipinski definition) is 1. The van der Waals surface area contributed by atoms with Gasteiger partial charge in [-0.2, -0.15) is 4.70 Å². The minimum atomic E-state index is 0. The summed E-state index contributed by atoms with van der Waals surface area (Å²) >= 11 is 4.85. The van der Waals surface area contributed by atoms with E-state index in [1.165, 1.54) is 35.1 Å². The number of nitrogens with zero attached hydrogens (tertiary/aromatic N) is 6. The van der Waals surface area contributed by atoms with Crippen LogP contribution >= 0.6 is 34.0 Å². The summed E-state index contributed by atoms with van der Waals surface area (Å²) < 4.78 is 9.32. The summed E-state index contributed by atoms with van der Waals surface area (Å²) in [6.45, 7) is 7.29. The maximum Gasteiger partial charge on any atom is 1.00 e. The average Bonchev–Trinajstić information content (AvgIpc) is 4.12. The Labute approximate surface area is 667 Å². The van der Waals surface area contributed by atoms with Crippen molar-refractivity contribution < 1.29 is 313 Å². The van der Waals surface area contributed by atoms with Crippen molar-refractivity contribution >= 4 is 98.3 Å². The zero-order valence-electron chi connectivity index (χ0n) is 40.5. The number of aromatic nitrogens is 3.